The third-order valence-electron chi connectivity index (χ3n) is 2.32. The largest absolute Gasteiger partial charge is 0.486 e. The lowest BCUT2D eigenvalue weighted by molar-refractivity contribution is 0.310. The molecular formula is C14H11Cl2NOS. The van der Waals surface area contributed by atoms with Gasteiger partial charge in [-0.15, -0.1) is 11.3 Å². The second kappa shape index (κ2) is 6.83. The Kier molecular flexibility index (Phi) is 5.12. The molecule has 0 saturated heterocycles. The van der Waals surface area contributed by atoms with Crippen LogP contribution < -0.4 is 10.5 Å². The van der Waals surface area contributed by atoms with Crippen LogP contribution in [0.3, 0.4) is 0 Å². The summed E-state index contributed by atoms with van der Waals surface area (Å²) in [4.78, 5) is 1.04. The summed E-state index contributed by atoms with van der Waals surface area (Å²) in [5.74, 6) is 6.41. The predicted octanol–water partition coefficient (Wildman–Crippen LogP) is 3.94. The van der Waals surface area contributed by atoms with Crippen LogP contribution in [0.4, 0.5) is 0 Å². The maximum absolute atomic E-state index is 6.04. The van der Waals surface area contributed by atoms with E-state index in [0.717, 1.165) is 10.4 Å². The van der Waals surface area contributed by atoms with E-state index < -0.39 is 0 Å². The van der Waals surface area contributed by atoms with E-state index in [2.05, 4.69) is 11.8 Å². The van der Waals surface area contributed by atoms with Crippen LogP contribution in [-0.4, -0.2) is 6.54 Å². The van der Waals surface area contributed by atoms with E-state index in [9.17, 15) is 0 Å². The normalized spacial score (nSPS) is 9.84. The number of rotatable bonds is 3. The lowest BCUT2D eigenvalue weighted by atomic mass is 10.2. The molecule has 1 aromatic heterocycles. The zero-order valence-corrected chi connectivity index (χ0v) is 12.3. The summed E-state index contributed by atoms with van der Waals surface area (Å²) in [5, 5.41) is 3.10. The van der Waals surface area contributed by atoms with Crippen molar-refractivity contribution in [1.82, 2.24) is 0 Å². The first kappa shape index (κ1) is 14.2. The van der Waals surface area contributed by atoms with Gasteiger partial charge in [-0.2, -0.15) is 0 Å². The third-order valence-corrected chi connectivity index (χ3v) is 3.76. The minimum Gasteiger partial charge on any atom is -0.486 e. The molecule has 2 aromatic rings. The monoisotopic (exact) mass is 311 g/mol. The quantitative estimate of drug-likeness (QED) is 0.871. The SMILES string of the molecule is NCC#Cc1ccsc1COc1cc(Cl)ccc1Cl. The highest BCUT2D eigenvalue weighted by Crippen LogP contribution is 2.29. The number of nitrogens with two attached hydrogens (primary N) is 1. The molecule has 0 aliphatic carbocycles. The summed E-state index contributed by atoms with van der Waals surface area (Å²) in [6.07, 6.45) is 0. The molecule has 98 valence electrons. The van der Waals surface area contributed by atoms with Crippen LogP contribution in [0, 0.1) is 11.8 Å². The van der Waals surface area contributed by atoms with Gasteiger partial charge in [0.25, 0.3) is 0 Å². The molecule has 0 saturated carbocycles. The minimum absolute atomic E-state index is 0.344. The Bertz CT molecular complexity index is 628. The molecule has 1 heterocycles. The van der Waals surface area contributed by atoms with Crippen LogP contribution in [0.5, 0.6) is 5.75 Å². The molecule has 0 atom stereocenters. The lowest BCUT2D eigenvalue weighted by Crippen LogP contribution is -1.96. The van der Waals surface area contributed by atoms with Crippen LogP contribution >= 0.6 is 34.5 Å². The van der Waals surface area contributed by atoms with Gasteiger partial charge in [-0.1, -0.05) is 35.0 Å². The molecule has 19 heavy (non-hydrogen) atoms. The Balaban J connectivity index is 2.10. The van der Waals surface area contributed by atoms with Crippen LogP contribution in [0.2, 0.25) is 10.0 Å². The van der Waals surface area contributed by atoms with Gasteiger partial charge in [-0.3, -0.25) is 0 Å². The molecule has 5 heteroatoms. The summed E-state index contributed by atoms with van der Waals surface area (Å²) >= 11 is 13.5. The van der Waals surface area contributed by atoms with E-state index in [0.29, 0.717) is 28.9 Å². The lowest BCUT2D eigenvalue weighted by Gasteiger charge is -2.07. The number of hydrogen-bond donors (Lipinski definition) is 1. The first-order chi connectivity index (χ1) is 9.20. The summed E-state index contributed by atoms with van der Waals surface area (Å²) in [6, 6.07) is 7.08. The molecule has 0 amide bonds. The van der Waals surface area contributed by atoms with Gasteiger partial charge >= 0.3 is 0 Å². The van der Waals surface area contributed by atoms with Crippen LogP contribution in [0.25, 0.3) is 0 Å². The van der Waals surface area contributed by atoms with Crippen LogP contribution in [-0.2, 0) is 6.61 Å². The zero-order valence-electron chi connectivity index (χ0n) is 9.95. The van der Waals surface area contributed by atoms with Gasteiger partial charge in [0.05, 0.1) is 16.4 Å². The van der Waals surface area contributed by atoms with Crippen LogP contribution in [0.15, 0.2) is 29.6 Å². The third kappa shape index (κ3) is 3.89. The number of thiophene rings is 1. The van der Waals surface area contributed by atoms with Gasteiger partial charge in [0, 0.05) is 16.7 Å². The van der Waals surface area contributed by atoms with Crippen molar-refractivity contribution in [2.24, 2.45) is 5.73 Å². The van der Waals surface area contributed by atoms with E-state index in [1.807, 2.05) is 11.4 Å². The average molecular weight is 312 g/mol. The summed E-state index contributed by atoms with van der Waals surface area (Å²) in [5.41, 5.74) is 6.30. The smallest absolute Gasteiger partial charge is 0.139 e. The Labute approximate surface area is 126 Å². The number of halogens is 2. The molecule has 0 aliphatic heterocycles. The molecular weight excluding hydrogens is 301 g/mol. The Morgan fingerprint density at radius 3 is 2.89 bits per heavy atom. The molecule has 0 aliphatic rings. The molecule has 0 bridgehead atoms. The topological polar surface area (TPSA) is 35.2 Å². The fraction of sp³-hybridized carbons (Fsp3) is 0.143. The molecule has 2 rings (SSSR count). The van der Waals surface area contributed by atoms with Gasteiger partial charge < -0.3 is 10.5 Å². The second-order valence-corrected chi connectivity index (χ2v) is 5.47. The van der Waals surface area contributed by atoms with Gasteiger partial charge in [-0.25, -0.2) is 0 Å². The van der Waals surface area contributed by atoms with Crippen molar-refractivity contribution >= 4 is 34.5 Å². The summed E-state index contributed by atoms with van der Waals surface area (Å²) in [6.45, 7) is 0.753. The second-order valence-electron chi connectivity index (χ2n) is 3.63. The Morgan fingerprint density at radius 2 is 2.11 bits per heavy atom. The Morgan fingerprint density at radius 1 is 1.26 bits per heavy atom. The van der Waals surface area contributed by atoms with Gasteiger partial charge in [-0.05, 0) is 23.6 Å². The summed E-state index contributed by atoms with van der Waals surface area (Å²) in [7, 11) is 0. The average Bonchev–Trinajstić information content (AvgIpc) is 2.85. The number of ether oxygens (including phenoxy) is 1. The fourth-order valence-corrected chi connectivity index (χ4v) is 2.52. The predicted molar refractivity (Wildman–Crippen MR) is 81.0 cm³/mol. The van der Waals surface area contributed by atoms with Crippen molar-refractivity contribution in [3.8, 4) is 17.6 Å². The number of hydrogen-bond acceptors (Lipinski definition) is 3. The maximum atomic E-state index is 6.04. The maximum Gasteiger partial charge on any atom is 0.139 e. The van der Waals surface area contributed by atoms with Crippen LogP contribution in [0.1, 0.15) is 10.4 Å². The molecule has 0 unspecified atom stereocenters. The van der Waals surface area contributed by atoms with Crippen molar-refractivity contribution in [3.05, 3.63) is 50.1 Å². The highest BCUT2D eigenvalue weighted by Gasteiger charge is 2.06. The molecule has 0 spiro atoms. The van der Waals surface area contributed by atoms with Crippen molar-refractivity contribution in [1.29, 1.82) is 0 Å². The fourth-order valence-electron chi connectivity index (χ4n) is 1.44. The van der Waals surface area contributed by atoms with E-state index in [4.69, 9.17) is 33.7 Å². The molecule has 2 N–H and O–H groups in total. The first-order valence-electron chi connectivity index (χ1n) is 5.54. The highest BCUT2D eigenvalue weighted by atomic mass is 35.5. The van der Waals surface area contributed by atoms with Gasteiger partial charge in [0.2, 0.25) is 0 Å². The zero-order chi connectivity index (χ0) is 13.7. The van der Waals surface area contributed by atoms with Gasteiger partial charge in [0.1, 0.15) is 12.4 Å². The minimum atomic E-state index is 0.344. The van der Waals surface area contributed by atoms with E-state index in [-0.39, 0.29) is 0 Å². The van der Waals surface area contributed by atoms with Crippen molar-refractivity contribution in [2.75, 3.05) is 6.54 Å². The van der Waals surface area contributed by atoms with Crippen molar-refractivity contribution in [2.45, 2.75) is 6.61 Å². The molecule has 2 nitrogen and oxygen atoms in total. The van der Waals surface area contributed by atoms with E-state index >= 15 is 0 Å². The summed E-state index contributed by atoms with van der Waals surface area (Å²) < 4.78 is 5.68. The first-order valence-corrected chi connectivity index (χ1v) is 7.17. The highest BCUT2D eigenvalue weighted by molar-refractivity contribution is 7.10. The van der Waals surface area contributed by atoms with Crippen molar-refractivity contribution in [3.63, 3.8) is 0 Å². The number of benzene rings is 1. The standard InChI is InChI=1S/C14H11Cl2NOS/c15-11-3-4-12(16)13(8-11)18-9-14-10(2-1-6-17)5-7-19-14/h3-5,7-8H,6,9,17H2. The Hall–Kier alpha value is -1.18. The molecule has 1 aromatic carbocycles. The van der Waals surface area contributed by atoms with E-state index in [1.165, 1.54) is 0 Å². The van der Waals surface area contributed by atoms with Crippen molar-refractivity contribution < 1.29 is 4.74 Å². The molecule has 0 fully saturated rings. The molecule has 0 radical (unpaired) electrons. The van der Waals surface area contributed by atoms with Gasteiger partial charge in [0.15, 0.2) is 0 Å². The van der Waals surface area contributed by atoms with E-state index in [1.54, 1.807) is 29.5 Å².